The average Bonchev–Trinajstić information content (AvgIpc) is 2.21. The third kappa shape index (κ3) is 2.47. The molecular weight excluding hydrogens is 211 g/mol. The zero-order valence-electron chi connectivity index (χ0n) is 7.62. The number of rotatable bonds is 3. The quantitative estimate of drug-likeness (QED) is 0.649. The van der Waals surface area contributed by atoms with E-state index in [4.69, 9.17) is 10.8 Å². The van der Waals surface area contributed by atoms with E-state index in [0.717, 1.165) is 0 Å². The highest BCUT2D eigenvalue weighted by atomic mass is 19.2. The Morgan fingerprint density at radius 1 is 1.20 bits per heavy atom. The molecule has 0 spiro atoms. The zero-order valence-corrected chi connectivity index (χ0v) is 7.62. The van der Waals surface area contributed by atoms with Gasteiger partial charge >= 0.3 is 0 Å². The Kier molecular flexibility index (Phi) is 3.67. The number of halogens is 3. The Labute approximate surface area is 84.0 Å². The summed E-state index contributed by atoms with van der Waals surface area (Å²) in [5.41, 5.74) is 4.37. The molecule has 0 saturated carbocycles. The number of hydrogen-bond acceptors (Lipinski definition) is 3. The van der Waals surface area contributed by atoms with Crippen LogP contribution in [0.1, 0.15) is 11.7 Å². The van der Waals surface area contributed by atoms with Crippen LogP contribution in [0.5, 0.6) is 0 Å². The van der Waals surface area contributed by atoms with Crippen LogP contribution in [0, 0.1) is 17.5 Å². The topological polar surface area (TPSA) is 66.5 Å². The van der Waals surface area contributed by atoms with Gasteiger partial charge in [-0.05, 0) is 6.07 Å². The van der Waals surface area contributed by atoms with E-state index >= 15 is 0 Å². The molecule has 0 fully saturated rings. The van der Waals surface area contributed by atoms with Gasteiger partial charge in [0, 0.05) is 18.2 Å². The van der Waals surface area contributed by atoms with Crippen LogP contribution in [-0.2, 0) is 0 Å². The molecule has 0 saturated heterocycles. The molecule has 0 heterocycles. The van der Waals surface area contributed by atoms with E-state index in [1.165, 1.54) is 0 Å². The zero-order chi connectivity index (χ0) is 11.6. The van der Waals surface area contributed by atoms with E-state index in [9.17, 15) is 18.3 Å². The lowest BCUT2D eigenvalue weighted by molar-refractivity contribution is 0.0216. The second-order valence-corrected chi connectivity index (χ2v) is 3.04. The minimum absolute atomic E-state index is 0.348. The molecule has 0 aliphatic carbocycles. The van der Waals surface area contributed by atoms with Crippen molar-refractivity contribution in [2.24, 2.45) is 5.73 Å². The third-order valence-electron chi connectivity index (χ3n) is 1.95. The van der Waals surface area contributed by atoms with Crippen molar-refractivity contribution in [2.75, 3.05) is 6.54 Å². The van der Waals surface area contributed by atoms with Crippen molar-refractivity contribution < 1.29 is 23.4 Å². The van der Waals surface area contributed by atoms with Gasteiger partial charge in [0.1, 0.15) is 11.9 Å². The first-order valence-corrected chi connectivity index (χ1v) is 4.18. The van der Waals surface area contributed by atoms with Crippen molar-refractivity contribution in [3.8, 4) is 0 Å². The lowest BCUT2D eigenvalue weighted by Gasteiger charge is -2.17. The number of benzene rings is 1. The second kappa shape index (κ2) is 4.61. The van der Waals surface area contributed by atoms with Gasteiger partial charge in [0.05, 0.1) is 6.10 Å². The highest BCUT2D eigenvalue weighted by Crippen LogP contribution is 2.23. The Morgan fingerprint density at radius 2 is 1.80 bits per heavy atom. The summed E-state index contributed by atoms with van der Waals surface area (Å²) in [6.45, 7) is -0.348. The summed E-state index contributed by atoms with van der Waals surface area (Å²) < 4.78 is 38.5. The summed E-state index contributed by atoms with van der Waals surface area (Å²) >= 11 is 0. The summed E-state index contributed by atoms with van der Waals surface area (Å²) in [6.07, 6.45) is -3.22. The van der Waals surface area contributed by atoms with Crippen molar-refractivity contribution in [3.05, 3.63) is 35.1 Å². The molecule has 0 aromatic heterocycles. The van der Waals surface area contributed by atoms with E-state index in [1.807, 2.05) is 0 Å². The molecule has 3 nitrogen and oxygen atoms in total. The van der Waals surface area contributed by atoms with Gasteiger partial charge in [-0.15, -0.1) is 0 Å². The van der Waals surface area contributed by atoms with Crippen LogP contribution in [0.3, 0.4) is 0 Å². The molecule has 0 radical (unpaired) electrons. The van der Waals surface area contributed by atoms with Crippen LogP contribution in [0.2, 0.25) is 0 Å². The number of aliphatic hydroxyl groups excluding tert-OH is 2. The molecule has 0 aliphatic heterocycles. The van der Waals surface area contributed by atoms with Crippen LogP contribution in [0.4, 0.5) is 13.2 Å². The molecule has 1 aromatic carbocycles. The fourth-order valence-corrected chi connectivity index (χ4v) is 1.13. The van der Waals surface area contributed by atoms with Crippen molar-refractivity contribution in [2.45, 2.75) is 12.2 Å². The first kappa shape index (κ1) is 12.0. The fourth-order valence-electron chi connectivity index (χ4n) is 1.13. The monoisotopic (exact) mass is 221 g/mol. The van der Waals surface area contributed by atoms with E-state index in [1.54, 1.807) is 0 Å². The van der Waals surface area contributed by atoms with Gasteiger partial charge in [-0.25, -0.2) is 13.2 Å². The normalized spacial score (nSPS) is 15.1. The predicted octanol–water partition coefficient (Wildman–Crippen LogP) is 0.457. The fraction of sp³-hybridized carbons (Fsp3) is 0.333. The van der Waals surface area contributed by atoms with Crippen LogP contribution in [0.15, 0.2) is 12.1 Å². The van der Waals surface area contributed by atoms with Crippen LogP contribution in [-0.4, -0.2) is 22.9 Å². The highest BCUT2D eigenvalue weighted by molar-refractivity contribution is 5.23. The summed E-state index contributed by atoms with van der Waals surface area (Å²) in [4.78, 5) is 0. The minimum Gasteiger partial charge on any atom is -0.389 e. The smallest absolute Gasteiger partial charge is 0.164 e. The first-order valence-electron chi connectivity index (χ1n) is 4.18. The summed E-state index contributed by atoms with van der Waals surface area (Å²) in [5.74, 6) is -3.85. The van der Waals surface area contributed by atoms with E-state index < -0.39 is 35.2 Å². The summed E-state index contributed by atoms with van der Waals surface area (Å²) in [5, 5.41) is 18.4. The van der Waals surface area contributed by atoms with Crippen molar-refractivity contribution in [3.63, 3.8) is 0 Å². The molecule has 4 N–H and O–H groups in total. The molecule has 84 valence electrons. The van der Waals surface area contributed by atoms with Crippen molar-refractivity contribution in [1.29, 1.82) is 0 Å². The van der Waals surface area contributed by atoms with Gasteiger partial charge in [-0.3, -0.25) is 0 Å². The molecule has 0 amide bonds. The molecule has 0 aliphatic rings. The van der Waals surface area contributed by atoms with Crippen LogP contribution in [0.25, 0.3) is 0 Å². The lowest BCUT2D eigenvalue weighted by Crippen LogP contribution is -2.28. The third-order valence-corrected chi connectivity index (χ3v) is 1.95. The maximum Gasteiger partial charge on any atom is 0.164 e. The summed E-state index contributed by atoms with van der Waals surface area (Å²) in [6, 6.07) is 0.961. The number of nitrogens with two attached hydrogens (primary N) is 1. The maximum absolute atomic E-state index is 13.1. The van der Waals surface area contributed by atoms with Crippen molar-refractivity contribution in [1.82, 2.24) is 0 Å². The van der Waals surface area contributed by atoms with Crippen molar-refractivity contribution >= 4 is 0 Å². The molecule has 6 heteroatoms. The molecule has 1 aromatic rings. The maximum atomic E-state index is 13.1. The van der Waals surface area contributed by atoms with Gasteiger partial charge in [0.25, 0.3) is 0 Å². The molecule has 0 bridgehead atoms. The Bertz CT molecular complexity index is 359. The highest BCUT2D eigenvalue weighted by Gasteiger charge is 2.23. The summed E-state index contributed by atoms with van der Waals surface area (Å²) in [7, 11) is 0. The second-order valence-electron chi connectivity index (χ2n) is 3.04. The molecular formula is C9H10F3NO2. The Morgan fingerprint density at radius 3 is 2.33 bits per heavy atom. The standard InChI is InChI=1S/C9H10F3NO2/c10-4-1-5(8(12)6(11)2-4)9(15)7(14)3-13/h1-2,7,9,14-15H,3,13H2. The van der Waals surface area contributed by atoms with Gasteiger partial charge in [-0.2, -0.15) is 0 Å². The van der Waals surface area contributed by atoms with E-state index in [0.29, 0.717) is 12.1 Å². The van der Waals surface area contributed by atoms with Gasteiger partial charge in [0.2, 0.25) is 0 Å². The largest absolute Gasteiger partial charge is 0.389 e. The van der Waals surface area contributed by atoms with Gasteiger partial charge in [-0.1, -0.05) is 0 Å². The lowest BCUT2D eigenvalue weighted by atomic mass is 10.0. The molecule has 2 unspecified atom stereocenters. The molecule has 2 atom stereocenters. The first-order chi connectivity index (χ1) is 6.97. The Balaban J connectivity index is 3.13. The minimum atomic E-state index is -1.75. The van der Waals surface area contributed by atoms with E-state index in [-0.39, 0.29) is 6.54 Å². The number of aliphatic hydroxyl groups is 2. The van der Waals surface area contributed by atoms with Gasteiger partial charge in [0.15, 0.2) is 11.6 Å². The SMILES string of the molecule is NCC(O)C(O)c1cc(F)cc(F)c1F. The van der Waals surface area contributed by atoms with E-state index in [2.05, 4.69) is 0 Å². The number of hydrogen-bond donors (Lipinski definition) is 3. The van der Waals surface area contributed by atoms with Crippen LogP contribution < -0.4 is 5.73 Å². The predicted molar refractivity (Wildman–Crippen MR) is 46.3 cm³/mol. The molecule has 1 rings (SSSR count). The average molecular weight is 221 g/mol. The molecule has 15 heavy (non-hydrogen) atoms. The van der Waals surface area contributed by atoms with Crippen LogP contribution >= 0.6 is 0 Å². The Hall–Kier alpha value is -1.11. The van der Waals surface area contributed by atoms with Gasteiger partial charge < -0.3 is 15.9 Å².